The fourth-order valence-corrected chi connectivity index (χ4v) is 2.19. The molecule has 1 heterocycles. The number of unbranched alkanes of at least 4 members (excludes halogenated alkanes) is 2. The number of fused-ring (bicyclic) bond motifs is 1. The number of nitrogen functional groups attached to an aromatic ring is 1. The van der Waals surface area contributed by atoms with Crippen molar-refractivity contribution in [3.05, 3.63) is 40.1 Å². The van der Waals surface area contributed by atoms with E-state index in [1.807, 2.05) is 6.07 Å². The van der Waals surface area contributed by atoms with Gasteiger partial charge in [0.05, 0.1) is 21.5 Å². The number of para-hydroxylation sites is 1. The lowest BCUT2D eigenvalue weighted by Crippen LogP contribution is -2.04. The average Bonchev–Trinajstić information content (AvgIpc) is 2.39. The Labute approximate surface area is 111 Å². The van der Waals surface area contributed by atoms with Crippen molar-refractivity contribution in [2.45, 2.75) is 32.6 Å². The van der Waals surface area contributed by atoms with Gasteiger partial charge in [-0.25, -0.2) is 0 Å². The van der Waals surface area contributed by atoms with Gasteiger partial charge in [0.1, 0.15) is 5.69 Å². The maximum Gasteiger partial charge on any atom is 0.303 e. The van der Waals surface area contributed by atoms with Crippen LogP contribution >= 0.6 is 0 Å². The molecular formula is C14H17N3O2. The van der Waals surface area contributed by atoms with Crippen LogP contribution in [-0.4, -0.2) is 9.91 Å². The first-order valence-electron chi connectivity index (χ1n) is 6.46. The Morgan fingerprint density at radius 2 is 2.05 bits per heavy atom. The standard InChI is InChI=1S/C14H17N3O2/c1-2-3-4-9-12-13(15)14(17(18)19)10-7-5-6-8-11(10)16-12/h5-8H,2-4,9,15H2,1H3. The summed E-state index contributed by atoms with van der Waals surface area (Å²) in [7, 11) is 0. The van der Waals surface area contributed by atoms with Gasteiger partial charge >= 0.3 is 5.69 Å². The van der Waals surface area contributed by atoms with E-state index in [4.69, 9.17) is 5.73 Å². The molecule has 0 bridgehead atoms. The maximum absolute atomic E-state index is 11.2. The summed E-state index contributed by atoms with van der Waals surface area (Å²) in [5.41, 5.74) is 7.39. The van der Waals surface area contributed by atoms with Crippen LogP contribution in [0.1, 0.15) is 31.9 Å². The van der Waals surface area contributed by atoms with Crippen molar-refractivity contribution in [3.63, 3.8) is 0 Å². The summed E-state index contributed by atoms with van der Waals surface area (Å²) in [6, 6.07) is 7.05. The molecule has 0 spiro atoms. The molecular weight excluding hydrogens is 242 g/mol. The summed E-state index contributed by atoms with van der Waals surface area (Å²) in [6.07, 6.45) is 3.80. The lowest BCUT2D eigenvalue weighted by atomic mass is 10.1. The number of aromatic nitrogens is 1. The molecule has 0 atom stereocenters. The van der Waals surface area contributed by atoms with E-state index in [0.717, 1.165) is 19.3 Å². The fraction of sp³-hybridized carbons (Fsp3) is 0.357. The number of pyridine rings is 1. The Morgan fingerprint density at radius 1 is 1.32 bits per heavy atom. The number of hydrogen-bond acceptors (Lipinski definition) is 4. The second-order valence-electron chi connectivity index (χ2n) is 4.55. The van der Waals surface area contributed by atoms with Crippen LogP contribution in [0.5, 0.6) is 0 Å². The number of anilines is 1. The second-order valence-corrected chi connectivity index (χ2v) is 4.55. The van der Waals surface area contributed by atoms with Crippen molar-refractivity contribution in [1.82, 2.24) is 4.98 Å². The molecule has 5 heteroatoms. The monoisotopic (exact) mass is 259 g/mol. The third kappa shape index (κ3) is 2.65. The Hall–Kier alpha value is -2.17. The first-order valence-corrected chi connectivity index (χ1v) is 6.46. The van der Waals surface area contributed by atoms with Gasteiger partial charge in [0.15, 0.2) is 0 Å². The summed E-state index contributed by atoms with van der Waals surface area (Å²) in [5, 5.41) is 11.7. The van der Waals surface area contributed by atoms with Crippen molar-refractivity contribution in [3.8, 4) is 0 Å². The van der Waals surface area contributed by atoms with Crippen molar-refractivity contribution < 1.29 is 4.92 Å². The summed E-state index contributed by atoms with van der Waals surface area (Å²) in [4.78, 5) is 15.3. The van der Waals surface area contributed by atoms with E-state index in [9.17, 15) is 10.1 Å². The third-order valence-corrected chi connectivity index (χ3v) is 3.18. The minimum atomic E-state index is -0.414. The smallest absolute Gasteiger partial charge is 0.303 e. The fourth-order valence-electron chi connectivity index (χ4n) is 2.19. The van der Waals surface area contributed by atoms with E-state index in [2.05, 4.69) is 11.9 Å². The average molecular weight is 259 g/mol. The molecule has 5 nitrogen and oxygen atoms in total. The highest BCUT2D eigenvalue weighted by molar-refractivity contribution is 5.94. The predicted octanol–water partition coefficient (Wildman–Crippen LogP) is 3.46. The zero-order valence-electron chi connectivity index (χ0n) is 10.9. The van der Waals surface area contributed by atoms with Crippen molar-refractivity contribution in [2.75, 3.05) is 5.73 Å². The van der Waals surface area contributed by atoms with Gasteiger partial charge in [0.2, 0.25) is 0 Å². The maximum atomic E-state index is 11.2. The van der Waals surface area contributed by atoms with Gasteiger partial charge < -0.3 is 5.73 Å². The minimum Gasteiger partial charge on any atom is -0.392 e. The molecule has 0 unspecified atom stereocenters. The SMILES string of the molecule is CCCCCc1nc2ccccc2c([N+](=O)[O-])c1N. The van der Waals surface area contributed by atoms with E-state index >= 15 is 0 Å². The quantitative estimate of drug-likeness (QED) is 0.506. The van der Waals surface area contributed by atoms with E-state index in [1.165, 1.54) is 0 Å². The molecule has 0 aliphatic heterocycles. The molecule has 0 saturated heterocycles. The van der Waals surface area contributed by atoms with Gasteiger partial charge in [-0.1, -0.05) is 31.9 Å². The zero-order valence-corrected chi connectivity index (χ0v) is 10.9. The van der Waals surface area contributed by atoms with Crippen LogP contribution in [0.3, 0.4) is 0 Å². The zero-order chi connectivity index (χ0) is 13.8. The minimum absolute atomic E-state index is 0.0166. The lowest BCUT2D eigenvalue weighted by Gasteiger charge is -2.08. The Morgan fingerprint density at radius 3 is 2.74 bits per heavy atom. The van der Waals surface area contributed by atoms with Crippen LogP contribution in [0.25, 0.3) is 10.9 Å². The molecule has 0 amide bonds. The molecule has 0 aliphatic carbocycles. The van der Waals surface area contributed by atoms with Gasteiger partial charge in [-0.2, -0.15) is 0 Å². The number of nitro groups is 1. The number of rotatable bonds is 5. The highest BCUT2D eigenvalue weighted by Gasteiger charge is 2.21. The van der Waals surface area contributed by atoms with Crippen LogP contribution < -0.4 is 5.73 Å². The molecule has 100 valence electrons. The van der Waals surface area contributed by atoms with Crippen LogP contribution in [0, 0.1) is 10.1 Å². The molecule has 2 N–H and O–H groups in total. The molecule has 0 saturated carbocycles. The van der Waals surface area contributed by atoms with Crippen LogP contribution in [-0.2, 0) is 6.42 Å². The molecule has 2 rings (SSSR count). The molecule has 0 radical (unpaired) electrons. The van der Waals surface area contributed by atoms with Crippen molar-refractivity contribution in [1.29, 1.82) is 0 Å². The topological polar surface area (TPSA) is 82.0 Å². The van der Waals surface area contributed by atoms with Gasteiger partial charge in [0, 0.05) is 0 Å². The van der Waals surface area contributed by atoms with Gasteiger partial charge in [-0.3, -0.25) is 15.1 Å². The largest absolute Gasteiger partial charge is 0.392 e. The second kappa shape index (κ2) is 5.65. The number of benzene rings is 1. The summed E-state index contributed by atoms with van der Waals surface area (Å²) in [6.45, 7) is 2.11. The molecule has 1 aromatic heterocycles. The van der Waals surface area contributed by atoms with E-state index < -0.39 is 4.92 Å². The number of hydrogen-bond donors (Lipinski definition) is 1. The van der Waals surface area contributed by atoms with Crippen molar-refractivity contribution in [2.24, 2.45) is 0 Å². The summed E-state index contributed by atoms with van der Waals surface area (Å²) < 4.78 is 0. The molecule has 0 aliphatic rings. The first-order chi connectivity index (χ1) is 9.15. The normalized spacial score (nSPS) is 10.8. The Bertz CT molecular complexity index is 611. The lowest BCUT2D eigenvalue weighted by molar-refractivity contribution is -0.382. The van der Waals surface area contributed by atoms with Gasteiger partial charge in [-0.05, 0) is 25.0 Å². The van der Waals surface area contributed by atoms with Crippen molar-refractivity contribution >= 4 is 22.3 Å². The van der Waals surface area contributed by atoms with E-state index in [1.54, 1.807) is 18.2 Å². The van der Waals surface area contributed by atoms with Gasteiger partial charge in [-0.15, -0.1) is 0 Å². The highest BCUT2D eigenvalue weighted by Crippen LogP contribution is 2.33. The van der Waals surface area contributed by atoms with Crippen LogP contribution in [0.4, 0.5) is 11.4 Å². The Balaban J connectivity index is 2.53. The molecule has 2 aromatic rings. The van der Waals surface area contributed by atoms with Crippen LogP contribution in [0.2, 0.25) is 0 Å². The van der Waals surface area contributed by atoms with Gasteiger partial charge in [0.25, 0.3) is 0 Å². The van der Waals surface area contributed by atoms with E-state index in [0.29, 0.717) is 23.0 Å². The summed E-state index contributed by atoms with van der Waals surface area (Å²) >= 11 is 0. The Kier molecular flexibility index (Phi) is 3.94. The predicted molar refractivity (Wildman–Crippen MR) is 76.0 cm³/mol. The molecule has 1 aromatic carbocycles. The number of nitrogens with two attached hydrogens (primary N) is 1. The third-order valence-electron chi connectivity index (χ3n) is 3.18. The first kappa shape index (κ1) is 13.3. The molecule has 19 heavy (non-hydrogen) atoms. The highest BCUT2D eigenvalue weighted by atomic mass is 16.6. The van der Waals surface area contributed by atoms with Crippen LogP contribution in [0.15, 0.2) is 24.3 Å². The summed E-state index contributed by atoms with van der Waals surface area (Å²) in [5.74, 6) is 0. The number of aryl methyl sites for hydroxylation is 1. The number of nitrogens with zero attached hydrogens (tertiary/aromatic N) is 2. The van der Waals surface area contributed by atoms with E-state index in [-0.39, 0.29) is 11.4 Å². The molecule has 0 fully saturated rings.